The Hall–Kier alpha value is -0.870. The van der Waals surface area contributed by atoms with E-state index in [-0.39, 0.29) is 11.9 Å². The van der Waals surface area contributed by atoms with Crippen molar-refractivity contribution in [1.82, 2.24) is 10.2 Å². The van der Waals surface area contributed by atoms with E-state index in [1.165, 1.54) is 10.4 Å². The lowest BCUT2D eigenvalue weighted by molar-refractivity contribution is -0.136. The highest BCUT2D eigenvalue weighted by Gasteiger charge is 2.27. The fourth-order valence-electron chi connectivity index (χ4n) is 2.10. The van der Waals surface area contributed by atoms with Crippen LogP contribution in [0.2, 0.25) is 0 Å². The molecule has 1 N–H and O–H groups in total. The van der Waals surface area contributed by atoms with E-state index in [0.29, 0.717) is 0 Å². The molecule has 1 atom stereocenters. The smallest absolute Gasteiger partial charge is 0.240 e. The van der Waals surface area contributed by atoms with Crippen molar-refractivity contribution in [3.05, 3.63) is 21.9 Å². The normalized spacial score (nSPS) is 21.5. The maximum atomic E-state index is 12.1. The molecule has 88 valence electrons. The van der Waals surface area contributed by atoms with Gasteiger partial charge in [-0.2, -0.15) is 0 Å². The van der Waals surface area contributed by atoms with E-state index in [2.05, 4.69) is 23.7 Å². The van der Waals surface area contributed by atoms with Crippen LogP contribution in [-0.4, -0.2) is 30.4 Å². The average Bonchev–Trinajstić information content (AvgIpc) is 2.68. The van der Waals surface area contributed by atoms with Crippen LogP contribution in [0.4, 0.5) is 0 Å². The number of hydrogen-bond donors (Lipinski definition) is 1. The van der Waals surface area contributed by atoms with Crippen molar-refractivity contribution in [1.29, 1.82) is 0 Å². The van der Waals surface area contributed by atoms with Gasteiger partial charge in [0.05, 0.1) is 12.6 Å². The molecule has 2 heterocycles. The molecule has 1 saturated heterocycles. The zero-order valence-electron chi connectivity index (χ0n) is 9.82. The van der Waals surface area contributed by atoms with Gasteiger partial charge in [-0.1, -0.05) is 0 Å². The maximum Gasteiger partial charge on any atom is 0.240 e. The number of carbonyl (C=O) groups is 1. The largest absolute Gasteiger partial charge is 0.336 e. The fraction of sp³-hybridized carbons (Fsp3) is 0.583. The van der Waals surface area contributed by atoms with E-state index in [9.17, 15) is 4.79 Å². The number of piperidine rings is 1. The number of aryl methyl sites for hydroxylation is 1. The molecule has 1 aromatic heterocycles. The zero-order valence-corrected chi connectivity index (χ0v) is 10.6. The Bertz CT molecular complexity index is 375. The molecule has 1 aliphatic rings. The molecule has 1 unspecified atom stereocenters. The summed E-state index contributed by atoms with van der Waals surface area (Å²) in [6.07, 6.45) is 2.07. The second-order valence-electron chi connectivity index (χ2n) is 4.27. The first-order chi connectivity index (χ1) is 7.72. The molecule has 0 bridgehead atoms. The number of hydrogen-bond acceptors (Lipinski definition) is 3. The van der Waals surface area contributed by atoms with E-state index < -0.39 is 0 Å². The lowest BCUT2D eigenvalue weighted by atomic mass is 10.0. The first-order valence-electron chi connectivity index (χ1n) is 5.71. The molecule has 0 aliphatic carbocycles. The summed E-state index contributed by atoms with van der Waals surface area (Å²) in [5.74, 6) is 0.251. The van der Waals surface area contributed by atoms with Crippen molar-refractivity contribution in [2.45, 2.75) is 32.4 Å². The van der Waals surface area contributed by atoms with E-state index >= 15 is 0 Å². The SMILES string of the molecule is CNC1CCCN(Cc2sccc2C)C1=O. The summed E-state index contributed by atoms with van der Waals surface area (Å²) >= 11 is 1.74. The Balaban J connectivity index is 2.04. The highest BCUT2D eigenvalue weighted by molar-refractivity contribution is 7.10. The third kappa shape index (κ3) is 2.28. The monoisotopic (exact) mass is 238 g/mol. The van der Waals surface area contributed by atoms with Gasteiger partial charge in [-0.25, -0.2) is 0 Å². The summed E-state index contributed by atoms with van der Waals surface area (Å²) in [7, 11) is 1.86. The zero-order chi connectivity index (χ0) is 11.5. The minimum Gasteiger partial charge on any atom is -0.336 e. The lowest BCUT2D eigenvalue weighted by Gasteiger charge is -2.32. The second-order valence-corrected chi connectivity index (χ2v) is 5.27. The Morgan fingerprint density at radius 3 is 3.06 bits per heavy atom. The molecule has 0 radical (unpaired) electrons. The van der Waals surface area contributed by atoms with Gasteiger partial charge >= 0.3 is 0 Å². The van der Waals surface area contributed by atoms with Crippen LogP contribution >= 0.6 is 11.3 Å². The molecule has 0 saturated carbocycles. The minimum absolute atomic E-state index is 0.0222. The van der Waals surface area contributed by atoms with Gasteiger partial charge in [0.2, 0.25) is 5.91 Å². The molecule has 1 amide bonds. The van der Waals surface area contributed by atoms with E-state index in [1.807, 2.05) is 11.9 Å². The number of nitrogens with one attached hydrogen (secondary N) is 1. The van der Waals surface area contributed by atoms with Gasteiger partial charge in [0.1, 0.15) is 0 Å². The average molecular weight is 238 g/mol. The lowest BCUT2D eigenvalue weighted by Crippen LogP contribution is -2.49. The summed E-state index contributed by atoms with van der Waals surface area (Å²) < 4.78 is 0. The molecular weight excluding hydrogens is 220 g/mol. The second kappa shape index (κ2) is 4.97. The fourth-order valence-corrected chi connectivity index (χ4v) is 3.03. The maximum absolute atomic E-state index is 12.1. The van der Waals surface area contributed by atoms with Gasteiger partial charge < -0.3 is 10.2 Å². The van der Waals surface area contributed by atoms with Crippen molar-refractivity contribution in [3.8, 4) is 0 Å². The molecule has 2 rings (SSSR count). The predicted molar refractivity (Wildman–Crippen MR) is 66.6 cm³/mol. The topological polar surface area (TPSA) is 32.3 Å². The van der Waals surface area contributed by atoms with Gasteiger partial charge in [-0.15, -0.1) is 11.3 Å². The van der Waals surface area contributed by atoms with Crippen molar-refractivity contribution < 1.29 is 4.79 Å². The summed E-state index contributed by atoms with van der Waals surface area (Å²) in [6, 6.07) is 2.14. The molecular formula is C12H18N2OS. The van der Waals surface area contributed by atoms with Gasteiger partial charge in [-0.3, -0.25) is 4.79 Å². The van der Waals surface area contributed by atoms with Crippen LogP contribution in [0.3, 0.4) is 0 Å². The Kier molecular flexibility index (Phi) is 3.61. The number of carbonyl (C=O) groups excluding carboxylic acids is 1. The van der Waals surface area contributed by atoms with Crippen LogP contribution < -0.4 is 5.32 Å². The summed E-state index contributed by atoms with van der Waals surface area (Å²) in [5.41, 5.74) is 1.30. The third-order valence-electron chi connectivity index (χ3n) is 3.18. The van der Waals surface area contributed by atoms with E-state index in [0.717, 1.165) is 25.9 Å². The Morgan fingerprint density at radius 1 is 1.62 bits per heavy atom. The van der Waals surface area contributed by atoms with Crippen LogP contribution in [0.25, 0.3) is 0 Å². The quantitative estimate of drug-likeness (QED) is 0.870. The number of amides is 1. The van der Waals surface area contributed by atoms with Crippen LogP contribution in [0.1, 0.15) is 23.3 Å². The molecule has 4 heteroatoms. The highest BCUT2D eigenvalue weighted by atomic mass is 32.1. The minimum atomic E-state index is 0.0222. The van der Waals surface area contributed by atoms with Crippen molar-refractivity contribution in [3.63, 3.8) is 0 Å². The molecule has 1 fully saturated rings. The number of likely N-dealkylation sites (N-methyl/N-ethyl adjacent to an activating group) is 1. The van der Waals surface area contributed by atoms with Crippen LogP contribution in [-0.2, 0) is 11.3 Å². The van der Waals surface area contributed by atoms with E-state index in [1.54, 1.807) is 11.3 Å². The summed E-state index contributed by atoms with van der Waals surface area (Å²) in [5, 5.41) is 5.18. The van der Waals surface area contributed by atoms with Gasteiger partial charge in [0.15, 0.2) is 0 Å². The van der Waals surface area contributed by atoms with Gasteiger partial charge in [0, 0.05) is 11.4 Å². The standard InChI is InChI=1S/C12H18N2OS/c1-9-5-7-16-11(9)8-14-6-3-4-10(13-2)12(14)15/h5,7,10,13H,3-4,6,8H2,1-2H3. The summed E-state index contributed by atoms with van der Waals surface area (Å²) in [6.45, 7) is 3.78. The molecule has 1 aliphatic heterocycles. The number of thiophene rings is 1. The van der Waals surface area contributed by atoms with Crippen molar-refractivity contribution in [2.24, 2.45) is 0 Å². The number of rotatable bonds is 3. The van der Waals surface area contributed by atoms with Crippen LogP contribution in [0.5, 0.6) is 0 Å². The molecule has 0 spiro atoms. The molecule has 3 nitrogen and oxygen atoms in total. The molecule has 1 aromatic rings. The van der Waals surface area contributed by atoms with Crippen LogP contribution in [0.15, 0.2) is 11.4 Å². The molecule has 0 aromatic carbocycles. The number of likely N-dealkylation sites (tertiary alicyclic amines) is 1. The van der Waals surface area contributed by atoms with Crippen molar-refractivity contribution in [2.75, 3.05) is 13.6 Å². The first-order valence-corrected chi connectivity index (χ1v) is 6.59. The highest BCUT2D eigenvalue weighted by Crippen LogP contribution is 2.21. The van der Waals surface area contributed by atoms with Gasteiger partial charge in [-0.05, 0) is 43.8 Å². The third-order valence-corrected chi connectivity index (χ3v) is 4.19. The predicted octanol–water partition coefficient (Wildman–Crippen LogP) is 1.77. The van der Waals surface area contributed by atoms with Crippen molar-refractivity contribution >= 4 is 17.2 Å². The van der Waals surface area contributed by atoms with Crippen LogP contribution in [0, 0.1) is 6.92 Å². The molecule has 16 heavy (non-hydrogen) atoms. The summed E-state index contributed by atoms with van der Waals surface area (Å²) in [4.78, 5) is 15.3. The Labute approximate surface area is 100 Å². The number of nitrogens with zero attached hydrogens (tertiary/aromatic N) is 1. The van der Waals surface area contributed by atoms with E-state index in [4.69, 9.17) is 0 Å². The first kappa shape index (κ1) is 11.6. The Morgan fingerprint density at radius 2 is 2.44 bits per heavy atom. The van der Waals surface area contributed by atoms with Gasteiger partial charge in [0.25, 0.3) is 0 Å².